The Morgan fingerprint density at radius 1 is 1.11 bits per heavy atom. The van der Waals surface area contributed by atoms with Gasteiger partial charge in [0.15, 0.2) is 0 Å². The molecule has 48 valence electrons. The second-order valence-corrected chi connectivity index (χ2v) is 2.11. The normalized spacial score (nSPS) is 7.78. The summed E-state index contributed by atoms with van der Waals surface area (Å²) < 4.78 is 2.78. The van der Waals surface area contributed by atoms with Gasteiger partial charge in [-0.3, -0.25) is 0 Å². The first kappa shape index (κ1) is 6.64. The first-order valence-electron chi connectivity index (χ1n) is 2.56. The average molecular weight is 298 g/mol. The molecule has 0 atom stereocenters. The molecule has 0 aliphatic heterocycles. The van der Waals surface area contributed by atoms with Crippen LogP contribution in [0.3, 0.4) is 0 Å². The second-order valence-electron chi connectivity index (χ2n) is 1.57. The van der Waals surface area contributed by atoms with Crippen molar-refractivity contribution in [3.63, 3.8) is 0 Å². The van der Waals surface area contributed by atoms with Crippen LogP contribution in [-0.4, -0.2) is 0 Å². The van der Waals surface area contributed by atoms with E-state index in [4.69, 9.17) is 0 Å². The summed E-state index contributed by atoms with van der Waals surface area (Å²) in [5, 5.41) is 0. The van der Waals surface area contributed by atoms with E-state index >= 15 is 0 Å². The summed E-state index contributed by atoms with van der Waals surface area (Å²) in [5.41, 5.74) is 1.07. The van der Waals surface area contributed by atoms with Crippen LogP contribution in [0.1, 0.15) is 5.56 Å². The molecule has 0 heterocycles. The summed E-state index contributed by atoms with van der Waals surface area (Å²) in [4.78, 5) is 0. The molecule has 1 aromatic carbocycles. The van der Waals surface area contributed by atoms with Crippen molar-refractivity contribution < 1.29 is 21.1 Å². The van der Waals surface area contributed by atoms with Crippen LogP contribution in [-0.2, 0) is 21.1 Å². The molecule has 0 fully saturated rings. The molecule has 0 N–H and O–H groups in total. The zero-order valence-corrected chi connectivity index (χ0v) is 6.85. The Morgan fingerprint density at radius 3 is 2.33 bits per heavy atom. The van der Waals surface area contributed by atoms with Gasteiger partial charge in [0.2, 0.25) is 0 Å². The van der Waals surface area contributed by atoms with Gasteiger partial charge in [-0.2, -0.15) is 0 Å². The summed E-state index contributed by atoms with van der Waals surface area (Å²) in [7, 11) is 0. The molecule has 0 spiro atoms. The zero-order chi connectivity index (χ0) is 6.53. The molecule has 1 heteroatoms. The molecule has 0 unspecified atom stereocenters. The van der Waals surface area contributed by atoms with E-state index in [1.54, 1.807) is 0 Å². The monoisotopic (exact) mass is 298 g/mol. The Hall–Kier alpha value is -0.480. The van der Waals surface area contributed by atoms with Crippen LogP contribution in [0.5, 0.6) is 0 Å². The maximum absolute atomic E-state index is 2.93. The molecule has 0 radical (unpaired) electrons. The van der Waals surface area contributed by atoms with Crippen LogP contribution >= 0.6 is 0 Å². The Balaban J connectivity index is 2.94. The summed E-state index contributed by atoms with van der Waals surface area (Å²) in [5.74, 6) is 2.93. The van der Waals surface area contributed by atoms with Gasteiger partial charge in [0.05, 0.1) is 0 Å². The van der Waals surface area contributed by atoms with Crippen LogP contribution in [0.25, 0.3) is 0 Å². The Morgan fingerprint density at radius 2 is 1.78 bits per heavy atom. The van der Waals surface area contributed by atoms with Crippen molar-refractivity contribution in [1.82, 2.24) is 0 Å². The molecule has 9 heavy (non-hydrogen) atoms. The van der Waals surface area contributed by atoms with Gasteiger partial charge in [0.1, 0.15) is 0 Å². The molecule has 0 aromatic heterocycles. The first-order chi connectivity index (χ1) is 4.43. The fourth-order valence-corrected chi connectivity index (χ4v) is 0.878. The molecule has 0 saturated heterocycles. The Kier molecular flexibility index (Phi) is 2.60. The van der Waals surface area contributed by atoms with Crippen LogP contribution in [0, 0.1) is 10.1 Å². The van der Waals surface area contributed by atoms with E-state index in [-0.39, 0.29) is 0 Å². The molecule has 0 aliphatic rings. The molecule has 0 nitrogen and oxygen atoms in total. The fourth-order valence-electron chi connectivity index (χ4n) is 0.565. The van der Waals surface area contributed by atoms with Crippen molar-refractivity contribution in [3.8, 4) is 10.1 Å². The van der Waals surface area contributed by atoms with Crippen LogP contribution in [0.4, 0.5) is 0 Å². The maximum atomic E-state index is 2.93. The van der Waals surface area contributed by atoms with Gasteiger partial charge in [-0.05, 0) is 0 Å². The van der Waals surface area contributed by atoms with Crippen LogP contribution in [0.2, 0.25) is 0 Å². The van der Waals surface area contributed by atoms with E-state index < -0.39 is 0 Å². The van der Waals surface area contributed by atoms with Gasteiger partial charge in [0, 0.05) is 0 Å². The molecule has 0 amide bonds. The number of hydrogen-bond donors (Lipinski definition) is 0. The fraction of sp³-hybridized carbons (Fsp3) is 0. The van der Waals surface area contributed by atoms with Gasteiger partial charge in [-0.25, -0.2) is 0 Å². The summed E-state index contributed by atoms with van der Waals surface area (Å²) in [6, 6.07) is 9.92. The minimum atomic E-state index is 1.07. The minimum absolute atomic E-state index is 1.07. The van der Waals surface area contributed by atoms with Crippen molar-refractivity contribution in [1.29, 1.82) is 0 Å². The number of hydrogen-bond acceptors (Lipinski definition) is 0. The van der Waals surface area contributed by atoms with E-state index in [0.717, 1.165) is 5.56 Å². The van der Waals surface area contributed by atoms with Gasteiger partial charge in [-0.15, -0.1) is 0 Å². The van der Waals surface area contributed by atoms with Crippen molar-refractivity contribution in [2.75, 3.05) is 0 Å². The van der Waals surface area contributed by atoms with E-state index in [0.29, 0.717) is 0 Å². The van der Waals surface area contributed by atoms with Crippen molar-refractivity contribution in [2.24, 2.45) is 0 Å². The summed E-state index contributed by atoms with van der Waals surface area (Å²) >= 11 is 2.19. The molecule has 1 aromatic rings. The predicted octanol–water partition coefficient (Wildman–Crippen LogP) is 1.54. The van der Waals surface area contributed by atoms with E-state index in [1.807, 2.05) is 30.3 Å². The third kappa shape index (κ3) is 2.07. The average Bonchev–Trinajstić information content (AvgIpc) is 1.91. The quantitative estimate of drug-likeness (QED) is 0.503. The van der Waals surface area contributed by atoms with Gasteiger partial charge in [0.25, 0.3) is 0 Å². The number of benzene rings is 1. The Labute approximate surface area is 67.2 Å². The predicted molar refractivity (Wildman–Crippen MR) is 33.3 cm³/mol. The number of rotatable bonds is 0. The van der Waals surface area contributed by atoms with E-state index in [1.165, 1.54) is 0 Å². The summed E-state index contributed by atoms with van der Waals surface area (Å²) in [6.45, 7) is 0. The molecular weight excluding hydrogens is 293 g/mol. The van der Waals surface area contributed by atoms with Crippen molar-refractivity contribution >= 4 is 0 Å². The van der Waals surface area contributed by atoms with Gasteiger partial charge >= 0.3 is 67.0 Å². The first-order valence-corrected chi connectivity index (χ1v) is 3.64. The standard InChI is InChI=1S/C8H5.Au/c1-2-8-6-4-3-5-7-8;/h3-7H;. The molecule has 0 aliphatic carbocycles. The molecule has 1 rings (SSSR count). The van der Waals surface area contributed by atoms with Crippen LogP contribution < -0.4 is 0 Å². The van der Waals surface area contributed by atoms with E-state index in [9.17, 15) is 0 Å². The summed E-state index contributed by atoms with van der Waals surface area (Å²) in [6.07, 6.45) is 0. The Bertz CT molecular complexity index is 228. The van der Waals surface area contributed by atoms with Gasteiger partial charge < -0.3 is 0 Å². The molecule has 0 bridgehead atoms. The third-order valence-electron chi connectivity index (χ3n) is 0.956. The van der Waals surface area contributed by atoms with E-state index in [2.05, 4.69) is 31.1 Å². The zero-order valence-electron chi connectivity index (χ0n) is 4.69. The SMILES string of the molecule is [Au][C]#Cc1ccccc1. The molecule has 0 saturated carbocycles. The van der Waals surface area contributed by atoms with Gasteiger partial charge in [-0.1, -0.05) is 0 Å². The second kappa shape index (κ2) is 3.53. The van der Waals surface area contributed by atoms with Crippen molar-refractivity contribution in [2.45, 2.75) is 0 Å². The van der Waals surface area contributed by atoms with Crippen LogP contribution in [0.15, 0.2) is 30.3 Å². The topological polar surface area (TPSA) is 0 Å². The van der Waals surface area contributed by atoms with Crippen molar-refractivity contribution in [3.05, 3.63) is 35.9 Å². The third-order valence-corrected chi connectivity index (χ3v) is 1.23. The molecular formula is C8H5Au.